The molecule has 0 saturated heterocycles. The number of hydrogen-bond acceptors (Lipinski definition) is 2. The number of aryl methyl sites for hydroxylation is 1. The van der Waals surface area contributed by atoms with Gasteiger partial charge < -0.3 is 5.73 Å². The topological polar surface area (TPSA) is 38.4 Å². The van der Waals surface area contributed by atoms with Crippen molar-refractivity contribution in [2.24, 2.45) is 16.8 Å². The molecule has 1 aliphatic carbocycles. The smallest absolute Gasteiger partial charge is 0.0451 e. The Kier molecular flexibility index (Phi) is 7.09. The van der Waals surface area contributed by atoms with Crippen LogP contribution in [-0.4, -0.2) is 12.3 Å². The molecule has 0 aliphatic heterocycles. The number of hydrogen-bond donors (Lipinski definition) is 1. The third kappa shape index (κ3) is 5.69. The van der Waals surface area contributed by atoms with E-state index in [1.807, 2.05) is 12.1 Å². The van der Waals surface area contributed by atoms with E-state index in [0.717, 1.165) is 24.6 Å². The second-order valence-electron chi connectivity index (χ2n) is 8.13. The lowest BCUT2D eigenvalue weighted by molar-refractivity contribution is 0.304. The summed E-state index contributed by atoms with van der Waals surface area (Å²) in [5.74, 6) is 1.55. The molecule has 1 saturated carbocycles. The van der Waals surface area contributed by atoms with Crippen LogP contribution in [0.25, 0.3) is 0 Å². The van der Waals surface area contributed by atoms with Gasteiger partial charge in [0.2, 0.25) is 0 Å². The SMILES string of the molecule is CCCC1CCC(C(=NCCc2ccc(N)cc2)c2ccc(C)cc2)CC1. The maximum Gasteiger partial charge on any atom is 0.0451 e. The minimum absolute atomic E-state index is 0.618. The molecule has 1 fully saturated rings. The van der Waals surface area contributed by atoms with Crippen molar-refractivity contribution >= 4 is 11.4 Å². The van der Waals surface area contributed by atoms with Crippen LogP contribution in [0.2, 0.25) is 0 Å². The van der Waals surface area contributed by atoms with Gasteiger partial charge in [-0.3, -0.25) is 4.99 Å². The summed E-state index contributed by atoms with van der Waals surface area (Å²) in [6.07, 6.45) is 8.98. The van der Waals surface area contributed by atoms with Crippen molar-refractivity contribution in [2.75, 3.05) is 12.3 Å². The van der Waals surface area contributed by atoms with Crippen LogP contribution in [0.4, 0.5) is 5.69 Å². The number of anilines is 1. The molecule has 0 spiro atoms. The van der Waals surface area contributed by atoms with Crippen LogP contribution in [-0.2, 0) is 6.42 Å². The van der Waals surface area contributed by atoms with E-state index in [0.29, 0.717) is 5.92 Å². The maximum atomic E-state index is 5.79. The number of nitrogen functional groups attached to an aromatic ring is 1. The van der Waals surface area contributed by atoms with Crippen LogP contribution >= 0.6 is 0 Å². The number of rotatable bonds is 7. The quantitative estimate of drug-likeness (QED) is 0.461. The summed E-state index contributed by atoms with van der Waals surface area (Å²) >= 11 is 0. The van der Waals surface area contributed by atoms with E-state index in [4.69, 9.17) is 10.7 Å². The van der Waals surface area contributed by atoms with Crippen molar-refractivity contribution in [2.45, 2.75) is 58.8 Å². The molecule has 0 bridgehead atoms. The van der Waals surface area contributed by atoms with E-state index in [2.05, 4.69) is 50.2 Å². The molecule has 2 aromatic carbocycles. The van der Waals surface area contributed by atoms with Gasteiger partial charge in [0, 0.05) is 23.9 Å². The van der Waals surface area contributed by atoms with Crippen molar-refractivity contribution in [3.8, 4) is 0 Å². The Morgan fingerprint density at radius 1 is 0.963 bits per heavy atom. The second kappa shape index (κ2) is 9.73. The van der Waals surface area contributed by atoms with E-state index in [-0.39, 0.29) is 0 Å². The van der Waals surface area contributed by atoms with Gasteiger partial charge in [0.1, 0.15) is 0 Å². The summed E-state index contributed by atoms with van der Waals surface area (Å²) in [7, 11) is 0. The first kappa shape index (κ1) is 19.7. The molecule has 0 radical (unpaired) electrons. The molecule has 0 amide bonds. The number of nitrogens with two attached hydrogens (primary N) is 1. The monoisotopic (exact) mass is 362 g/mol. The Morgan fingerprint density at radius 2 is 1.63 bits per heavy atom. The van der Waals surface area contributed by atoms with Gasteiger partial charge in [0.25, 0.3) is 0 Å². The molecular formula is C25H34N2. The highest BCUT2D eigenvalue weighted by Gasteiger charge is 2.25. The van der Waals surface area contributed by atoms with Gasteiger partial charge in [-0.1, -0.05) is 61.7 Å². The van der Waals surface area contributed by atoms with Crippen LogP contribution < -0.4 is 5.73 Å². The molecule has 144 valence electrons. The fourth-order valence-corrected chi connectivity index (χ4v) is 4.30. The van der Waals surface area contributed by atoms with Gasteiger partial charge in [-0.15, -0.1) is 0 Å². The van der Waals surface area contributed by atoms with Crippen molar-refractivity contribution in [1.82, 2.24) is 0 Å². The highest BCUT2D eigenvalue weighted by atomic mass is 14.7. The molecule has 27 heavy (non-hydrogen) atoms. The molecule has 2 aromatic rings. The molecule has 1 aliphatic rings. The lowest BCUT2D eigenvalue weighted by Crippen LogP contribution is -2.23. The number of benzene rings is 2. The van der Waals surface area contributed by atoms with Crippen molar-refractivity contribution < 1.29 is 0 Å². The highest BCUT2D eigenvalue weighted by molar-refractivity contribution is 6.02. The fraction of sp³-hybridized carbons (Fsp3) is 0.480. The summed E-state index contributed by atoms with van der Waals surface area (Å²) in [6, 6.07) is 17.1. The second-order valence-corrected chi connectivity index (χ2v) is 8.13. The average Bonchev–Trinajstić information content (AvgIpc) is 2.69. The summed E-state index contributed by atoms with van der Waals surface area (Å²) in [6.45, 7) is 5.31. The highest BCUT2D eigenvalue weighted by Crippen LogP contribution is 2.33. The zero-order valence-corrected chi connectivity index (χ0v) is 17.0. The average molecular weight is 363 g/mol. The Morgan fingerprint density at radius 3 is 2.26 bits per heavy atom. The maximum absolute atomic E-state index is 5.79. The molecule has 0 aromatic heterocycles. The largest absolute Gasteiger partial charge is 0.399 e. The zero-order chi connectivity index (χ0) is 19.1. The Balaban J connectivity index is 1.71. The minimum atomic E-state index is 0.618. The fourth-order valence-electron chi connectivity index (χ4n) is 4.30. The standard InChI is InChI=1S/C25H34N2/c1-3-4-20-7-13-23(14-8-20)25(22-11-5-19(2)6-12-22)27-18-17-21-9-15-24(26)16-10-21/h5-6,9-12,15-16,20,23H,3-4,7-8,13-14,17-18,26H2,1-2H3. The summed E-state index contributed by atoms with van der Waals surface area (Å²) in [5, 5.41) is 0. The molecule has 0 heterocycles. The summed E-state index contributed by atoms with van der Waals surface area (Å²) in [5.41, 5.74) is 11.9. The van der Waals surface area contributed by atoms with Gasteiger partial charge in [-0.2, -0.15) is 0 Å². The van der Waals surface area contributed by atoms with Gasteiger partial charge in [-0.25, -0.2) is 0 Å². The lowest BCUT2D eigenvalue weighted by Gasteiger charge is -2.29. The van der Waals surface area contributed by atoms with E-state index in [1.165, 1.54) is 60.9 Å². The molecule has 0 unspecified atom stereocenters. The zero-order valence-electron chi connectivity index (χ0n) is 17.0. The molecule has 2 nitrogen and oxygen atoms in total. The van der Waals surface area contributed by atoms with E-state index in [9.17, 15) is 0 Å². The minimum Gasteiger partial charge on any atom is -0.399 e. The Labute approximate surface area is 164 Å². The van der Waals surface area contributed by atoms with Gasteiger partial charge in [0.05, 0.1) is 0 Å². The Bertz CT molecular complexity index is 720. The predicted octanol–water partition coefficient (Wildman–Crippen LogP) is 6.22. The van der Waals surface area contributed by atoms with Crippen LogP contribution in [0.3, 0.4) is 0 Å². The number of nitrogens with zero attached hydrogens (tertiary/aromatic N) is 1. The van der Waals surface area contributed by atoms with Crippen molar-refractivity contribution in [3.05, 3.63) is 65.2 Å². The lowest BCUT2D eigenvalue weighted by atomic mass is 9.77. The van der Waals surface area contributed by atoms with Gasteiger partial charge >= 0.3 is 0 Å². The van der Waals surface area contributed by atoms with Gasteiger partial charge in [0.15, 0.2) is 0 Å². The van der Waals surface area contributed by atoms with Gasteiger partial charge in [-0.05, 0) is 68.2 Å². The van der Waals surface area contributed by atoms with E-state index >= 15 is 0 Å². The summed E-state index contributed by atoms with van der Waals surface area (Å²) in [4.78, 5) is 5.12. The van der Waals surface area contributed by atoms with Crippen molar-refractivity contribution in [3.63, 3.8) is 0 Å². The first-order valence-electron chi connectivity index (χ1n) is 10.6. The molecule has 0 atom stereocenters. The Hall–Kier alpha value is -2.09. The molecule has 2 N–H and O–H groups in total. The predicted molar refractivity (Wildman–Crippen MR) is 117 cm³/mol. The normalized spacial score (nSPS) is 20.6. The van der Waals surface area contributed by atoms with Crippen molar-refractivity contribution in [1.29, 1.82) is 0 Å². The first-order valence-corrected chi connectivity index (χ1v) is 10.6. The summed E-state index contributed by atoms with van der Waals surface area (Å²) < 4.78 is 0. The van der Waals surface area contributed by atoms with E-state index in [1.54, 1.807) is 0 Å². The third-order valence-corrected chi connectivity index (χ3v) is 5.94. The van der Waals surface area contributed by atoms with Crippen LogP contribution in [0.15, 0.2) is 53.5 Å². The first-order chi connectivity index (χ1) is 13.2. The van der Waals surface area contributed by atoms with Crippen LogP contribution in [0.5, 0.6) is 0 Å². The third-order valence-electron chi connectivity index (χ3n) is 5.94. The van der Waals surface area contributed by atoms with Crippen LogP contribution in [0, 0.1) is 18.8 Å². The van der Waals surface area contributed by atoms with E-state index < -0.39 is 0 Å². The number of aliphatic imine (C=N–C) groups is 1. The molecule has 3 rings (SSSR count). The molecule has 2 heteroatoms. The molecular weight excluding hydrogens is 328 g/mol. The van der Waals surface area contributed by atoms with Crippen LogP contribution in [0.1, 0.15) is 62.1 Å².